The van der Waals surface area contributed by atoms with E-state index < -0.39 is 0 Å². The fraction of sp³-hybridized carbons (Fsp3) is 0.545. The average molecular weight is 412 g/mol. The molecule has 1 aromatic heterocycles. The van der Waals surface area contributed by atoms with Crippen LogP contribution in [0, 0.1) is 0 Å². The fourth-order valence-electron chi connectivity index (χ4n) is 1.32. The van der Waals surface area contributed by atoms with Gasteiger partial charge in [0.05, 0.1) is 17.5 Å². The third-order valence-electron chi connectivity index (χ3n) is 2.70. The number of allylic oxidation sites excluding steroid dienone is 3. The van der Waals surface area contributed by atoms with Gasteiger partial charge in [-0.3, -0.25) is 4.99 Å². The monoisotopic (exact) mass is 411 g/mol. The van der Waals surface area contributed by atoms with Gasteiger partial charge in [0.1, 0.15) is 0 Å². The molecule has 0 amide bonds. The summed E-state index contributed by atoms with van der Waals surface area (Å²) in [6, 6.07) is 0.152. The number of aliphatic imine (C=N–C) groups is 1. The summed E-state index contributed by atoms with van der Waals surface area (Å²) in [5.41, 5.74) is 0.902. The molecule has 1 atom stereocenters. The summed E-state index contributed by atoms with van der Waals surface area (Å²) >= 11 is 1.59. The highest BCUT2D eigenvalue weighted by molar-refractivity contribution is 7.13. The van der Waals surface area contributed by atoms with Gasteiger partial charge in [-0.15, -0.1) is 17.9 Å². The number of thiazole rings is 1. The Bertz CT molecular complexity index is 538. The zero-order valence-corrected chi connectivity index (χ0v) is 19.8. The van der Waals surface area contributed by atoms with Gasteiger partial charge in [-0.25, -0.2) is 4.98 Å². The highest BCUT2D eigenvalue weighted by Gasteiger charge is 1.97. The highest BCUT2D eigenvalue weighted by Crippen LogP contribution is 2.13. The van der Waals surface area contributed by atoms with E-state index in [9.17, 15) is 0 Å². The number of ether oxygens (including phenoxy) is 1. The molecule has 5 nitrogen and oxygen atoms in total. The predicted molar refractivity (Wildman–Crippen MR) is 128 cm³/mol. The number of hydrogen-bond acceptors (Lipinski definition) is 6. The molecule has 0 aromatic carbocycles. The van der Waals surface area contributed by atoms with Crippen molar-refractivity contribution in [3.8, 4) is 0 Å². The second kappa shape index (κ2) is 25.1. The molecule has 28 heavy (non-hydrogen) atoms. The van der Waals surface area contributed by atoms with Gasteiger partial charge >= 0.3 is 0 Å². The summed E-state index contributed by atoms with van der Waals surface area (Å²) in [6.07, 6.45) is 11.0. The van der Waals surface area contributed by atoms with Gasteiger partial charge in [-0.05, 0) is 33.3 Å². The quantitative estimate of drug-likeness (QED) is 0.285. The first kappa shape index (κ1) is 30.8. The molecule has 0 fully saturated rings. The summed E-state index contributed by atoms with van der Waals surface area (Å²) in [6.45, 7) is 16.5. The molecule has 0 bridgehead atoms. The first-order valence-corrected chi connectivity index (χ1v) is 10.6. The maximum absolute atomic E-state index is 8.89. The van der Waals surface area contributed by atoms with Crippen molar-refractivity contribution in [3.05, 3.63) is 47.7 Å². The van der Waals surface area contributed by atoms with E-state index in [0.29, 0.717) is 12.2 Å². The summed E-state index contributed by atoms with van der Waals surface area (Å²) in [7, 11) is 3.25. The van der Waals surface area contributed by atoms with Crippen LogP contribution in [0.2, 0.25) is 0 Å². The summed E-state index contributed by atoms with van der Waals surface area (Å²) < 4.78 is 4.25. The molecular formula is C22H41N3O2S. The van der Waals surface area contributed by atoms with Crippen molar-refractivity contribution in [2.24, 2.45) is 4.99 Å². The van der Waals surface area contributed by atoms with Crippen LogP contribution in [-0.4, -0.2) is 43.1 Å². The second-order valence-corrected chi connectivity index (χ2v) is 5.99. The molecule has 1 heterocycles. The topological polar surface area (TPSA) is 66.7 Å². The largest absolute Gasteiger partial charge is 0.512 e. The van der Waals surface area contributed by atoms with Gasteiger partial charge in [-0.2, -0.15) is 0 Å². The summed E-state index contributed by atoms with van der Waals surface area (Å²) in [5, 5.41) is 15.0. The minimum atomic E-state index is 0.152. The van der Waals surface area contributed by atoms with Gasteiger partial charge in [0.15, 0.2) is 5.13 Å². The van der Waals surface area contributed by atoms with Crippen molar-refractivity contribution >= 4 is 22.7 Å². The summed E-state index contributed by atoms with van der Waals surface area (Å²) in [5.74, 6) is 0.444. The second-order valence-electron chi connectivity index (χ2n) is 5.13. The Labute approximate surface area is 177 Å². The fourth-order valence-corrected chi connectivity index (χ4v) is 2.05. The molecule has 0 spiro atoms. The van der Waals surface area contributed by atoms with Gasteiger partial charge in [0.25, 0.3) is 0 Å². The number of rotatable bonds is 8. The molecule has 0 aliphatic rings. The zero-order chi connectivity index (χ0) is 22.2. The molecular weight excluding hydrogens is 370 g/mol. The Balaban J connectivity index is -0.000000385. The maximum atomic E-state index is 8.89. The Hall–Kier alpha value is -1.92. The normalized spacial score (nSPS) is 11.5. The van der Waals surface area contributed by atoms with E-state index in [-0.39, 0.29) is 6.04 Å². The van der Waals surface area contributed by atoms with E-state index in [4.69, 9.17) is 5.11 Å². The van der Waals surface area contributed by atoms with Crippen molar-refractivity contribution < 1.29 is 9.84 Å². The van der Waals surface area contributed by atoms with Gasteiger partial charge in [-0.1, -0.05) is 39.0 Å². The SMILES string of the molecule is C/C=C(/O)C/C=C\CC.C=CC(C)N=Cc1csc(NCC)n1.CC.COC. The maximum Gasteiger partial charge on any atom is 0.183 e. The number of nitrogens with zero attached hydrogens (tertiary/aromatic N) is 2. The van der Waals surface area contributed by atoms with Crippen LogP contribution in [0.25, 0.3) is 0 Å². The minimum absolute atomic E-state index is 0.152. The van der Waals surface area contributed by atoms with E-state index in [0.717, 1.165) is 23.8 Å². The smallest absolute Gasteiger partial charge is 0.183 e. The molecule has 6 heteroatoms. The molecule has 1 rings (SSSR count). The molecule has 1 unspecified atom stereocenters. The Morgan fingerprint density at radius 2 is 1.96 bits per heavy atom. The molecule has 0 radical (unpaired) electrons. The van der Waals surface area contributed by atoms with E-state index in [2.05, 4.69) is 40.5 Å². The first-order chi connectivity index (χ1) is 13.5. The number of anilines is 1. The average Bonchev–Trinajstić information content (AvgIpc) is 3.16. The van der Waals surface area contributed by atoms with Gasteiger partial charge in [0.2, 0.25) is 0 Å². The van der Waals surface area contributed by atoms with Crippen LogP contribution in [0.15, 0.2) is 47.0 Å². The van der Waals surface area contributed by atoms with E-state index >= 15 is 0 Å². The van der Waals surface area contributed by atoms with Crippen LogP contribution in [0.1, 0.15) is 60.1 Å². The third-order valence-corrected chi connectivity index (χ3v) is 3.51. The lowest BCUT2D eigenvalue weighted by Gasteiger charge is -1.94. The number of methoxy groups -OCH3 is 1. The van der Waals surface area contributed by atoms with Gasteiger partial charge in [0, 0.05) is 38.8 Å². The third kappa shape index (κ3) is 22.1. The van der Waals surface area contributed by atoms with Crippen LogP contribution in [-0.2, 0) is 4.74 Å². The van der Waals surface area contributed by atoms with Crippen molar-refractivity contribution in [1.29, 1.82) is 0 Å². The minimum Gasteiger partial charge on any atom is -0.512 e. The lowest BCUT2D eigenvalue weighted by atomic mass is 10.3. The van der Waals surface area contributed by atoms with Crippen LogP contribution >= 0.6 is 11.3 Å². The number of hydrogen-bond donors (Lipinski definition) is 2. The van der Waals surface area contributed by atoms with E-state index in [1.54, 1.807) is 43.9 Å². The summed E-state index contributed by atoms with van der Waals surface area (Å²) in [4.78, 5) is 8.59. The van der Waals surface area contributed by atoms with Crippen molar-refractivity contribution in [2.45, 2.75) is 60.4 Å². The molecule has 0 saturated carbocycles. The number of aromatic nitrogens is 1. The molecule has 162 valence electrons. The van der Waals surface area contributed by atoms with Crippen molar-refractivity contribution in [3.63, 3.8) is 0 Å². The lowest BCUT2D eigenvalue weighted by Crippen LogP contribution is -1.96. The first-order valence-electron chi connectivity index (χ1n) is 9.73. The Kier molecular flexibility index (Phi) is 27.6. The van der Waals surface area contributed by atoms with E-state index in [1.165, 1.54) is 0 Å². The van der Waals surface area contributed by atoms with Crippen LogP contribution in [0.5, 0.6) is 0 Å². The van der Waals surface area contributed by atoms with Crippen molar-refractivity contribution in [1.82, 2.24) is 4.98 Å². The zero-order valence-electron chi connectivity index (χ0n) is 19.0. The molecule has 2 N–H and O–H groups in total. The number of aliphatic hydroxyl groups is 1. The highest BCUT2D eigenvalue weighted by atomic mass is 32.1. The van der Waals surface area contributed by atoms with Crippen LogP contribution < -0.4 is 5.32 Å². The Morgan fingerprint density at radius 3 is 2.43 bits per heavy atom. The van der Waals surface area contributed by atoms with Crippen LogP contribution in [0.3, 0.4) is 0 Å². The predicted octanol–water partition coefficient (Wildman–Crippen LogP) is 6.66. The number of aliphatic hydroxyl groups excluding tert-OH is 1. The lowest BCUT2D eigenvalue weighted by molar-refractivity contribution is 0.277. The molecule has 0 saturated heterocycles. The van der Waals surface area contributed by atoms with E-state index in [1.807, 2.05) is 45.2 Å². The number of nitrogens with one attached hydrogen (secondary N) is 1. The molecule has 0 aliphatic carbocycles. The Morgan fingerprint density at radius 1 is 1.36 bits per heavy atom. The van der Waals surface area contributed by atoms with Crippen LogP contribution in [0.4, 0.5) is 5.13 Å². The van der Waals surface area contributed by atoms with Gasteiger partial charge < -0.3 is 15.2 Å². The molecule has 1 aromatic rings. The van der Waals surface area contributed by atoms with Crippen molar-refractivity contribution in [2.75, 3.05) is 26.1 Å². The molecule has 0 aliphatic heterocycles. The standard InChI is InChI=1S/C10H15N3S.C8H14O.C2H6O.C2H6/c1-4-8(3)12-6-9-7-14-10(13-9)11-5-2;1-3-5-6-7-8(9)4-2;1-3-2;1-2/h4,6-8H,1,5H2,2-3H3,(H,11,13);4-6,9H,3,7H2,1-2H3;1-2H3;1-2H3/b;6-5-,8-4+;;.